The van der Waals surface area contributed by atoms with Crippen LogP contribution in [-0.2, 0) is 16.0 Å². The van der Waals surface area contributed by atoms with E-state index in [0.29, 0.717) is 25.9 Å². The normalized spacial score (nSPS) is 17.9. The van der Waals surface area contributed by atoms with Gasteiger partial charge in [0.2, 0.25) is 5.91 Å². The third-order valence-corrected chi connectivity index (χ3v) is 7.14. The number of hydrogen-bond donors (Lipinski definition) is 0. The molecule has 4 heteroatoms. The summed E-state index contributed by atoms with van der Waals surface area (Å²) in [6.07, 6.45) is 2.50. The lowest BCUT2D eigenvalue weighted by atomic mass is 9.82. The largest absolute Gasteiger partial charge is 0.447 e. The number of ether oxygens (including phenoxy) is 1. The fourth-order valence-corrected chi connectivity index (χ4v) is 4.61. The van der Waals surface area contributed by atoms with Crippen molar-refractivity contribution in [3.8, 4) is 0 Å². The fourth-order valence-electron chi connectivity index (χ4n) is 4.61. The first-order valence-electron chi connectivity index (χ1n) is 11.9. The van der Waals surface area contributed by atoms with Crippen molar-refractivity contribution in [2.45, 2.75) is 79.2 Å². The molecule has 0 N–H and O–H groups in total. The van der Waals surface area contributed by atoms with Crippen molar-refractivity contribution in [2.75, 3.05) is 6.61 Å². The van der Waals surface area contributed by atoms with E-state index in [1.54, 1.807) is 0 Å². The van der Waals surface area contributed by atoms with E-state index in [1.807, 2.05) is 6.92 Å². The van der Waals surface area contributed by atoms with Crippen LogP contribution in [0.1, 0.15) is 72.4 Å². The van der Waals surface area contributed by atoms with Crippen molar-refractivity contribution in [3.63, 3.8) is 0 Å². The van der Waals surface area contributed by atoms with E-state index in [0.717, 1.165) is 12.0 Å². The van der Waals surface area contributed by atoms with Crippen molar-refractivity contribution >= 4 is 12.0 Å². The molecule has 1 aliphatic heterocycles. The highest BCUT2D eigenvalue weighted by atomic mass is 16.6. The summed E-state index contributed by atoms with van der Waals surface area (Å²) in [5, 5.41) is 0. The molecule has 1 heterocycles. The average molecular weight is 436 g/mol. The molecule has 0 saturated carbocycles. The van der Waals surface area contributed by atoms with Gasteiger partial charge in [-0.25, -0.2) is 9.69 Å². The van der Waals surface area contributed by atoms with Crippen LogP contribution < -0.4 is 0 Å². The Labute approximate surface area is 193 Å². The number of imide groups is 1. The van der Waals surface area contributed by atoms with Crippen LogP contribution in [0, 0.1) is 33.6 Å². The Morgan fingerprint density at radius 2 is 1.66 bits per heavy atom. The van der Waals surface area contributed by atoms with E-state index < -0.39 is 6.09 Å². The number of amides is 2. The smallest absolute Gasteiger partial charge is 0.416 e. The molecule has 0 bridgehead atoms. The maximum atomic E-state index is 13.7. The lowest BCUT2D eigenvalue weighted by molar-refractivity contribution is -0.133. The van der Waals surface area contributed by atoms with Crippen LogP contribution in [0.25, 0.3) is 0 Å². The molecule has 0 radical (unpaired) electrons. The highest BCUT2D eigenvalue weighted by Gasteiger charge is 2.40. The molecule has 1 saturated heterocycles. The summed E-state index contributed by atoms with van der Waals surface area (Å²) >= 11 is 0. The molecule has 3 unspecified atom stereocenters. The van der Waals surface area contributed by atoms with Gasteiger partial charge >= 0.3 is 6.09 Å². The van der Waals surface area contributed by atoms with Gasteiger partial charge in [-0.1, -0.05) is 50.2 Å². The summed E-state index contributed by atoms with van der Waals surface area (Å²) < 4.78 is 5.24. The van der Waals surface area contributed by atoms with E-state index in [9.17, 15) is 9.59 Å². The van der Waals surface area contributed by atoms with Crippen LogP contribution in [0.4, 0.5) is 4.79 Å². The van der Waals surface area contributed by atoms with Gasteiger partial charge < -0.3 is 4.74 Å². The SMILES string of the molecule is CCC(CC(Cc1ccc(C)c(C)c1)C(=O)N1C(=O)OCC1CC)c1ccc(C)c(C)c1. The van der Waals surface area contributed by atoms with E-state index in [4.69, 9.17) is 4.74 Å². The molecule has 0 aliphatic carbocycles. The minimum absolute atomic E-state index is 0.0974. The zero-order valence-electron chi connectivity index (χ0n) is 20.4. The van der Waals surface area contributed by atoms with Crippen LogP contribution in [0.15, 0.2) is 36.4 Å². The first-order valence-corrected chi connectivity index (χ1v) is 11.9. The summed E-state index contributed by atoms with van der Waals surface area (Å²) in [5.41, 5.74) is 7.42. The van der Waals surface area contributed by atoms with Crippen molar-refractivity contribution < 1.29 is 14.3 Å². The first-order chi connectivity index (χ1) is 15.2. The van der Waals surface area contributed by atoms with Crippen molar-refractivity contribution in [1.82, 2.24) is 4.90 Å². The highest BCUT2D eigenvalue weighted by Crippen LogP contribution is 2.32. The van der Waals surface area contributed by atoms with E-state index in [1.165, 1.54) is 32.7 Å². The molecule has 172 valence electrons. The predicted octanol–water partition coefficient (Wildman–Crippen LogP) is 6.42. The first kappa shape index (κ1) is 24.0. The highest BCUT2D eigenvalue weighted by molar-refractivity contribution is 5.95. The summed E-state index contributed by atoms with van der Waals surface area (Å²) in [5.74, 6) is -0.114. The lowest BCUT2D eigenvalue weighted by Gasteiger charge is -2.28. The van der Waals surface area contributed by atoms with Gasteiger partial charge in [0.25, 0.3) is 0 Å². The van der Waals surface area contributed by atoms with Gasteiger partial charge in [-0.2, -0.15) is 0 Å². The summed E-state index contributed by atoms with van der Waals surface area (Å²) in [4.78, 5) is 27.5. The van der Waals surface area contributed by atoms with Crippen LogP contribution in [0.2, 0.25) is 0 Å². The number of rotatable bonds is 8. The predicted molar refractivity (Wildman–Crippen MR) is 129 cm³/mol. The Bertz CT molecular complexity index is 981. The number of aryl methyl sites for hydroxylation is 4. The standard InChI is InChI=1S/C28H37NO3/c1-7-23(24-12-10-19(4)21(6)14-24)16-25(15-22-11-9-18(3)20(5)13-22)27(30)29-26(8-2)17-32-28(29)31/h9-14,23,25-26H,7-8,15-17H2,1-6H3. The zero-order chi connectivity index (χ0) is 23.4. The number of carbonyl (C=O) groups is 2. The summed E-state index contributed by atoms with van der Waals surface area (Å²) in [6, 6.07) is 12.8. The van der Waals surface area contributed by atoms with Gasteiger partial charge in [0.05, 0.1) is 6.04 Å². The van der Waals surface area contributed by atoms with Crippen molar-refractivity contribution in [2.24, 2.45) is 5.92 Å². The average Bonchev–Trinajstić information content (AvgIpc) is 3.15. The second kappa shape index (κ2) is 10.3. The Balaban J connectivity index is 1.92. The quantitative estimate of drug-likeness (QED) is 0.481. The molecule has 4 nitrogen and oxygen atoms in total. The molecular formula is C28H37NO3. The number of hydrogen-bond acceptors (Lipinski definition) is 3. The fraction of sp³-hybridized carbons (Fsp3) is 0.500. The van der Waals surface area contributed by atoms with E-state index >= 15 is 0 Å². The molecule has 2 amide bonds. The Morgan fingerprint density at radius 1 is 1.00 bits per heavy atom. The third-order valence-electron chi connectivity index (χ3n) is 7.14. The van der Waals surface area contributed by atoms with Gasteiger partial charge in [-0.3, -0.25) is 4.79 Å². The summed E-state index contributed by atoms with van der Waals surface area (Å²) in [6.45, 7) is 12.9. The molecule has 1 fully saturated rings. The zero-order valence-corrected chi connectivity index (χ0v) is 20.4. The van der Waals surface area contributed by atoms with Gasteiger partial charge in [0, 0.05) is 5.92 Å². The molecule has 2 aromatic carbocycles. The number of benzene rings is 2. The monoisotopic (exact) mass is 435 g/mol. The molecule has 2 aromatic rings. The van der Waals surface area contributed by atoms with Gasteiger partial charge in [-0.15, -0.1) is 0 Å². The lowest BCUT2D eigenvalue weighted by Crippen LogP contribution is -2.43. The van der Waals surface area contributed by atoms with E-state index in [-0.39, 0.29) is 23.8 Å². The van der Waals surface area contributed by atoms with Crippen molar-refractivity contribution in [1.29, 1.82) is 0 Å². The van der Waals surface area contributed by atoms with Crippen LogP contribution in [0.5, 0.6) is 0 Å². The molecular weight excluding hydrogens is 398 g/mol. The topological polar surface area (TPSA) is 46.6 Å². The maximum Gasteiger partial charge on any atom is 0.416 e. The van der Waals surface area contributed by atoms with Gasteiger partial charge in [0.1, 0.15) is 6.61 Å². The Kier molecular flexibility index (Phi) is 7.76. The van der Waals surface area contributed by atoms with Crippen LogP contribution >= 0.6 is 0 Å². The van der Waals surface area contributed by atoms with E-state index in [2.05, 4.69) is 71.0 Å². The Hall–Kier alpha value is -2.62. The summed E-state index contributed by atoms with van der Waals surface area (Å²) in [7, 11) is 0. The second-order valence-corrected chi connectivity index (χ2v) is 9.35. The molecule has 32 heavy (non-hydrogen) atoms. The number of carbonyl (C=O) groups excluding carboxylic acids is 2. The number of cyclic esters (lactones) is 1. The van der Waals surface area contributed by atoms with Crippen LogP contribution in [-0.4, -0.2) is 29.5 Å². The Morgan fingerprint density at radius 3 is 2.25 bits per heavy atom. The molecule has 0 spiro atoms. The minimum atomic E-state index is -0.494. The van der Waals surface area contributed by atoms with Gasteiger partial charge in [0.15, 0.2) is 0 Å². The van der Waals surface area contributed by atoms with Crippen LogP contribution in [0.3, 0.4) is 0 Å². The second-order valence-electron chi connectivity index (χ2n) is 9.35. The third kappa shape index (κ3) is 5.23. The maximum absolute atomic E-state index is 13.7. The molecule has 3 atom stereocenters. The number of nitrogens with zero attached hydrogens (tertiary/aromatic N) is 1. The van der Waals surface area contributed by atoms with Crippen molar-refractivity contribution in [3.05, 3.63) is 69.8 Å². The molecule has 3 rings (SSSR count). The molecule has 0 aromatic heterocycles. The molecule has 1 aliphatic rings. The minimum Gasteiger partial charge on any atom is -0.447 e. The van der Waals surface area contributed by atoms with Gasteiger partial charge in [-0.05, 0) is 92.7 Å².